The molecule has 1 aliphatic rings. The van der Waals surface area contributed by atoms with Gasteiger partial charge in [-0.3, -0.25) is 38.8 Å². The minimum atomic E-state index is -1.45. The van der Waals surface area contributed by atoms with E-state index < -0.39 is 59.1 Å². The van der Waals surface area contributed by atoms with Crippen molar-refractivity contribution in [2.24, 2.45) is 22.4 Å². The summed E-state index contributed by atoms with van der Waals surface area (Å²) in [6.45, 7) is 4.50. The number of likely N-dealkylation sites (N-methyl/N-ethyl adjacent to an activating group) is 2. The van der Waals surface area contributed by atoms with Crippen LogP contribution in [0.25, 0.3) is 11.2 Å². The third-order valence-corrected chi connectivity index (χ3v) is 13.1. The zero-order valence-corrected chi connectivity index (χ0v) is 46.7. The predicted molar refractivity (Wildman–Crippen MR) is 303 cm³/mol. The van der Waals surface area contributed by atoms with Crippen LogP contribution < -0.4 is 49.3 Å². The Bertz CT molecular complexity index is 2960. The van der Waals surface area contributed by atoms with E-state index in [0.717, 1.165) is 37.3 Å². The lowest BCUT2D eigenvalue weighted by atomic mass is 9.93. The van der Waals surface area contributed by atoms with Gasteiger partial charge in [0, 0.05) is 87.6 Å². The second kappa shape index (κ2) is 36.3. The number of aromatic amines is 1. The number of nitrogens with zero attached hydrogens (tertiary/aromatic N) is 7. The molecule has 30 nitrogen and oxygen atoms in total. The number of ketones is 1. The van der Waals surface area contributed by atoms with Crippen molar-refractivity contribution < 1.29 is 63.3 Å². The normalized spacial score (nSPS) is 14.7. The highest BCUT2D eigenvalue weighted by atomic mass is 32.1. The number of amides is 2. The number of aliphatic imine (C=N–C) groups is 1. The lowest BCUT2D eigenvalue weighted by Gasteiger charge is -2.30. The van der Waals surface area contributed by atoms with E-state index in [9.17, 15) is 48.9 Å². The van der Waals surface area contributed by atoms with E-state index in [-0.39, 0.29) is 105 Å². The first kappa shape index (κ1) is 68.2. The van der Waals surface area contributed by atoms with Gasteiger partial charge in [-0.25, -0.2) is 19.6 Å². The average molecular weight is 1180 g/mol. The number of nitrogen functional groups attached to an aromatic ring is 1. The molecule has 3 heterocycles. The molecular formula is C52H70N16O14S. The molecule has 4 atom stereocenters. The van der Waals surface area contributed by atoms with E-state index in [1.807, 2.05) is 29.2 Å². The number of H-pyrrole nitrogens is 1. The fraction of sp³-hybridized carbons (Fsp3) is 0.462. The quantitative estimate of drug-likeness (QED) is 0.0144. The van der Waals surface area contributed by atoms with Gasteiger partial charge in [-0.15, -0.1) is 0 Å². The second-order valence-corrected chi connectivity index (χ2v) is 19.5. The molecule has 0 bridgehead atoms. The van der Waals surface area contributed by atoms with Crippen molar-refractivity contribution in [3.8, 4) is 0 Å². The first-order valence-corrected chi connectivity index (χ1v) is 26.4. The summed E-state index contributed by atoms with van der Waals surface area (Å²) in [5, 5.41) is 44.1. The number of carboxylic acids is 3. The largest absolute Gasteiger partial charge is 0.480 e. The molecule has 2 aromatic carbocycles. The van der Waals surface area contributed by atoms with Crippen LogP contribution in [0.3, 0.4) is 0 Å². The van der Waals surface area contributed by atoms with Gasteiger partial charge in [0.25, 0.3) is 11.5 Å². The van der Waals surface area contributed by atoms with Crippen LogP contribution in [0, 0.1) is 5.92 Å². The van der Waals surface area contributed by atoms with Gasteiger partial charge < -0.3 is 68.9 Å². The molecule has 31 heteroatoms. The number of Topliss-reactive ketones (excluding diaryl/α,β-unsaturated/α-hetero) is 1. The van der Waals surface area contributed by atoms with Crippen LogP contribution in [0.5, 0.6) is 0 Å². The second-order valence-electron chi connectivity index (χ2n) is 19.1. The molecule has 1 aliphatic heterocycles. The summed E-state index contributed by atoms with van der Waals surface area (Å²) in [6.07, 6.45) is 3.24. The molecule has 4 aromatic rings. The van der Waals surface area contributed by atoms with Crippen LogP contribution in [0.15, 0.2) is 64.5 Å². The molecule has 448 valence electrons. The van der Waals surface area contributed by atoms with Crippen LogP contribution in [-0.4, -0.2) is 193 Å². The molecule has 1 fully saturated rings. The fourth-order valence-corrected chi connectivity index (χ4v) is 8.72. The van der Waals surface area contributed by atoms with E-state index in [2.05, 4.69) is 75.4 Å². The number of carbonyl (C=O) groups excluding carboxylic acids is 7. The smallest absolute Gasteiger partial charge is 0.373 e. The highest BCUT2D eigenvalue weighted by molar-refractivity contribution is 7.80. The number of carboxylic acid groups (broad SMARTS) is 3. The van der Waals surface area contributed by atoms with Gasteiger partial charge in [-0.1, -0.05) is 12.1 Å². The first-order valence-electron chi connectivity index (χ1n) is 26.0. The number of benzene rings is 2. The molecule has 0 aliphatic carbocycles. The van der Waals surface area contributed by atoms with E-state index >= 15 is 0 Å². The summed E-state index contributed by atoms with van der Waals surface area (Å²) >= 11 is 5.51. The van der Waals surface area contributed by atoms with Crippen LogP contribution in [0.1, 0.15) is 73.0 Å². The summed E-state index contributed by atoms with van der Waals surface area (Å²) < 4.78 is 0. The number of nitrogens with two attached hydrogens (primary N) is 3. The van der Waals surface area contributed by atoms with Crippen molar-refractivity contribution in [1.82, 2.24) is 50.6 Å². The van der Waals surface area contributed by atoms with E-state index in [1.54, 1.807) is 12.1 Å². The third kappa shape index (κ3) is 25.9. The predicted octanol–water partition coefficient (Wildman–Crippen LogP) is -0.766. The van der Waals surface area contributed by atoms with Gasteiger partial charge in [0.2, 0.25) is 11.9 Å². The summed E-state index contributed by atoms with van der Waals surface area (Å²) in [4.78, 5) is 146. The number of rotatable bonds is 28. The van der Waals surface area contributed by atoms with Crippen LogP contribution in [0.4, 0.5) is 17.3 Å². The number of aliphatic carboxylic acids is 3. The molecule has 15 N–H and O–H groups in total. The number of thiocarbonyl (C=S) groups is 1. The molecule has 1 saturated heterocycles. The Morgan fingerprint density at radius 1 is 0.831 bits per heavy atom. The number of anilines is 3. The van der Waals surface area contributed by atoms with Gasteiger partial charge in [0.15, 0.2) is 22.2 Å². The molecule has 0 spiro atoms. The Balaban J connectivity index is 0.00000288. The lowest BCUT2D eigenvalue weighted by Crippen LogP contribution is -2.44. The van der Waals surface area contributed by atoms with Gasteiger partial charge in [0.1, 0.15) is 17.9 Å². The Morgan fingerprint density at radius 3 is 2.11 bits per heavy atom. The topological polar surface area (TPSA) is 463 Å². The number of guanidine groups is 1. The zero-order valence-electron chi connectivity index (χ0n) is 45.8. The third-order valence-electron chi connectivity index (χ3n) is 12.8. The Labute approximate surface area is 481 Å². The monoisotopic (exact) mass is 1170 g/mol. The van der Waals surface area contributed by atoms with E-state index in [1.165, 1.54) is 18.3 Å². The van der Waals surface area contributed by atoms with Crippen LogP contribution >= 0.6 is 12.2 Å². The summed E-state index contributed by atoms with van der Waals surface area (Å²) in [6, 6.07) is 11.6. The van der Waals surface area contributed by atoms with Crippen molar-refractivity contribution >= 4 is 99.6 Å². The number of hydrogen-bond acceptors (Lipinski definition) is 21. The van der Waals surface area contributed by atoms with E-state index in [0.29, 0.717) is 49.0 Å². The number of hydrogen-bond donors (Lipinski definition) is 12. The molecule has 5 rings (SSSR count). The molecule has 83 heavy (non-hydrogen) atoms. The highest BCUT2D eigenvalue weighted by Crippen LogP contribution is 2.19. The molecule has 1 unspecified atom stereocenters. The fourth-order valence-electron chi connectivity index (χ4n) is 8.50. The van der Waals surface area contributed by atoms with Gasteiger partial charge in [-0.05, 0) is 113 Å². The molecule has 0 saturated carbocycles. The average Bonchev–Trinajstić information content (AvgIpc) is 3.53. The number of unbranched alkanes of at least 4 members (excludes halogenated alkanes) is 1. The number of carbonyl (C=O) groups is 6. The lowest BCUT2D eigenvalue weighted by molar-refractivity contribution is -0.193. The van der Waals surface area contributed by atoms with Crippen LogP contribution in [0.2, 0.25) is 0 Å². The summed E-state index contributed by atoms with van der Waals surface area (Å²) in [5.41, 5.74) is 19.1. The van der Waals surface area contributed by atoms with Gasteiger partial charge in [-0.2, -0.15) is 24.2 Å². The standard InChI is InChI=1S/C50H70N16O10S.2CO2/c1-64-20-22-66(29-40(68)69)23-21-65(2)36(28-64)24-30-8-12-34(13-9-30)59-50(77)55-18-4-3-7-38(46(73)74)60-44(71)32(6-5-19-54-48(51)52)25-37(67)16-17-39(47(75)76)61-43(70)31-10-14-33(15-11-31)56-26-35-27-57-42-41(58-35)45(72)63-49(53)62-42;2*2-1-3/h8-15,27,32,36,38-39,56H,3-7,16-26,28-29H2,1-2H3,(H,60,71)(H,61,70)(H,68,69)(H,73,74)(H,75,76)(H4,51,52,54)(H2,55,59,77)(H3,53,57,62,63,72);;/t32-,36?,38+,39+;;/m1../s1. The van der Waals surface area contributed by atoms with Crippen molar-refractivity contribution in [2.75, 3.05) is 82.8 Å². The first-order chi connectivity index (χ1) is 39.5. The van der Waals surface area contributed by atoms with Crippen molar-refractivity contribution in [3.63, 3.8) is 0 Å². The molecule has 2 aromatic heterocycles. The molecule has 2 amide bonds. The number of nitrogens with one attached hydrogen (secondary N) is 6. The Morgan fingerprint density at radius 2 is 1.47 bits per heavy atom. The molecular weight excluding hydrogens is 1100 g/mol. The number of aromatic nitrogens is 4. The summed E-state index contributed by atoms with van der Waals surface area (Å²) in [5.74, 6) is -6.54. The highest BCUT2D eigenvalue weighted by Gasteiger charge is 2.29. The number of fused-ring (bicyclic) bond motifs is 1. The van der Waals surface area contributed by atoms with Gasteiger partial charge in [0.05, 0.1) is 25.0 Å². The van der Waals surface area contributed by atoms with Crippen molar-refractivity contribution in [2.45, 2.75) is 82.5 Å². The Kier molecular flexibility index (Phi) is 29.8. The zero-order chi connectivity index (χ0) is 61.4. The molecule has 0 radical (unpaired) electrons. The minimum Gasteiger partial charge on any atom is -0.480 e. The van der Waals surface area contributed by atoms with Crippen molar-refractivity contribution in [3.05, 3.63) is 81.9 Å². The van der Waals surface area contributed by atoms with Crippen molar-refractivity contribution in [1.29, 1.82) is 0 Å². The maximum absolute atomic E-state index is 13.6. The van der Waals surface area contributed by atoms with E-state index in [4.69, 9.17) is 48.6 Å². The SMILES string of the molecule is CN1CCN(CC(=O)O)CCN(C)C(Cc2ccc(NC(=S)NCCCC[C@H](NC(=O)[C@H](CCCN=C(N)N)CC(=O)CC[C@H](NC(=O)c3ccc(NCc4cnc5nc(N)[nH]c(=O)c5n4)cc3)C(=O)O)C(=O)O)cc2)C1.O=C=O.O=C=O. The Hall–Kier alpha value is -9.12. The minimum absolute atomic E-state index is 0.0174. The maximum Gasteiger partial charge on any atom is 0.373 e. The summed E-state index contributed by atoms with van der Waals surface area (Å²) in [7, 11) is 4.12. The maximum atomic E-state index is 13.6. The van der Waals surface area contributed by atoms with Crippen LogP contribution in [-0.2, 0) is 56.1 Å². The van der Waals surface area contributed by atoms with Gasteiger partial charge >= 0.3 is 30.2 Å².